The molecule has 104 valence electrons. The zero-order chi connectivity index (χ0) is 13.8. The van der Waals surface area contributed by atoms with Gasteiger partial charge in [-0.25, -0.2) is 0 Å². The molecule has 0 aromatic rings. The second kappa shape index (κ2) is 6.18. The number of nitrogens with two attached hydrogens (primary N) is 1. The fourth-order valence-electron chi connectivity index (χ4n) is 2.18. The Bertz CT molecular complexity index is 307. The van der Waals surface area contributed by atoms with Gasteiger partial charge in [-0.15, -0.1) is 0 Å². The summed E-state index contributed by atoms with van der Waals surface area (Å²) >= 11 is 0. The van der Waals surface area contributed by atoms with Crippen molar-refractivity contribution < 1.29 is 9.59 Å². The van der Waals surface area contributed by atoms with Gasteiger partial charge < -0.3 is 16.0 Å². The molecule has 1 aliphatic heterocycles. The van der Waals surface area contributed by atoms with E-state index in [-0.39, 0.29) is 17.7 Å². The van der Waals surface area contributed by atoms with Crippen molar-refractivity contribution in [2.45, 2.75) is 45.6 Å². The van der Waals surface area contributed by atoms with Crippen LogP contribution in [0.25, 0.3) is 0 Å². The highest BCUT2D eigenvalue weighted by molar-refractivity contribution is 5.86. The summed E-state index contributed by atoms with van der Waals surface area (Å²) in [6, 6.07) is 0. The highest BCUT2D eigenvalue weighted by Crippen LogP contribution is 2.20. The quantitative estimate of drug-likeness (QED) is 0.767. The number of likely N-dealkylation sites (tertiary alicyclic amines) is 1. The second-order valence-corrected chi connectivity index (χ2v) is 5.23. The van der Waals surface area contributed by atoms with E-state index in [0.29, 0.717) is 26.1 Å². The van der Waals surface area contributed by atoms with Gasteiger partial charge in [0.05, 0.1) is 5.54 Å². The Morgan fingerprint density at radius 3 is 2.33 bits per heavy atom. The maximum Gasteiger partial charge on any atom is 0.242 e. The number of nitrogens with one attached hydrogen (secondary N) is 1. The van der Waals surface area contributed by atoms with Gasteiger partial charge in [-0.05, 0) is 33.1 Å². The van der Waals surface area contributed by atoms with Crippen LogP contribution in [0.3, 0.4) is 0 Å². The van der Waals surface area contributed by atoms with Crippen molar-refractivity contribution in [3.8, 4) is 0 Å². The molecule has 0 aromatic carbocycles. The number of rotatable bonds is 4. The van der Waals surface area contributed by atoms with E-state index in [0.717, 1.165) is 12.8 Å². The summed E-state index contributed by atoms with van der Waals surface area (Å²) in [7, 11) is 0. The summed E-state index contributed by atoms with van der Waals surface area (Å²) in [4.78, 5) is 25.6. The van der Waals surface area contributed by atoms with Crippen molar-refractivity contribution in [2.75, 3.05) is 19.6 Å². The number of carbonyl (C=O) groups is 2. The van der Waals surface area contributed by atoms with Gasteiger partial charge in [0.15, 0.2) is 0 Å². The van der Waals surface area contributed by atoms with E-state index in [1.165, 1.54) is 0 Å². The third-order valence-electron chi connectivity index (χ3n) is 3.73. The fraction of sp³-hybridized carbons (Fsp3) is 0.846. The van der Waals surface area contributed by atoms with Crippen LogP contribution in [-0.4, -0.2) is 41.9 Å². The number of hydrogen-bond donors (Lipinski definition) is 2. The first kappa shape index (κ1) is 15.0. The molecule has 3 N–H and O–H groups in total. The summed E-state index contributed by atoms with van der Waals surface area (Å²) in [5.74, 6) is 0.148. The van der Waals surface area contributed by atoms with Crippen LogP contribution in [-0.2, 0) is 9.59 Å². The SMILES string of the molecule is CCNC(=O)C1CCN(C(=O)C(C)(N)CC)CC1. The van der Waals surface area contributed by atoms with E-state index in [9.17, 15) is 9.59 Å². The van der Waals surface area contributed by atoms with Crippen LogP contribution in [0.5, 0.6) is 0 Å². The lowest BCUT2D eigenvalue weighted by Gasteiger charge is -2.36. The lowest BCUT2D eigenvalue weighted by molar-refractivity contribution is -0.140. The van der Waals surface area contributed by atoms with Gasteiger partial charge in [-0.2, -0.15) is 0 Å². The van der Waals surface area contributed by atoms with Crippen molar-refractivity contribution in [2.24, 2.45) is 11.7 Å². The Morgan fingerprint density at radius 2 is 1.89 bits per heavy atom. The molecule has 1 unspecified atom stereocenters. The van der Waals surface area contributed by atoms with E-state index < -0.39 is 5.54 Å². The standard InChI is InChI=1S/C13H25N3O2/c1-4-13(3,14)12(18)16-8-6-10(7-9-16)11(17)15-5-2/h10H,4-9,14H2,1-3H3,(H,15,17). The normalized spacial score (nSPS) is 20.3. The number of piperidine rings is 1. The fourth-order valence-corrected chi connectivity index (χ4v) is 2.18. The molecule has 18 heavy (non-hydrogen) atoms. The lowest BCUT2D eigenvalue weighted by Crippen LogP contribution is -2.55. The molecule has 2 amide bonds. The average molecular weight is 255 g/mol. The molecular formula is C13H25N3O2. The summed E-state index contributed by atoms with van der Waals surface area (Å²) in [6.45, 7) is 7.53. The molecule has 5 heteroatoms. The largest absolute Gasteiger partial charge is 0.356 e. The van der Waals surface area contributed by atoms with E-state index >= 15 is 0 Å². The molecule has 1 heterocycles. The van der Waals surface area contributed by atoms with Gasteiger partial charge in [0, 0.05) is 25.6 Å². The third kappa shape index (κ3) is 3.45. The minimum Gasteiger partial charge on any atom is -0.356 e. The third-order valence-corrected chi connectivity index (χ3v) is 3.73. The van der Waals surface area contributed by atoms with Crippen LogP contribution in [0.15, 0.2) is 0 Å². The Labute approximate surface area is 109 Å². The summed E-state index contributed by atoms with van der Waals surface area (Å²) in [5, 5.41) is 2.83. The number of nitrogens with zero attached hydrogens (tertiary/aromatic N) is 1. The van der Waals surface area contributed by atoms with Crippen molar-refractivity contribution in [3.05, 3.63) is 0 Å². The number of hydrogen-bond acceptors (Lipinski definition) is 3. The first-order valence-corrected chi connectivity index (χ1v) is 6.78. The van der Waals surface area contributed by atoms with Gasteiger partial charge in [-0.3, -0.25) is 9.59 Å². The molecule has 1 rings (SSSR count). The molecule has 5 nitrogen and oxygen atoms in total. The molecule has 0 bridgehead atoms. The average Bonchev–Trinajstić information content (AvgIpc) is 2.38. The summed E-state index contributed by atoms with van der Waals surface area (Å²) in [5.41, 5.74) is 5.18. The minimum atomic E-state index is -0.779. The lowest BCUT2D eigenvalue weighted by atomic mass is 9.92. The zero-order valence-electron chi connectivity index (χ0n) is 11.7. The summed E-state index contributed by atoms with van der Waals surface area (Å²) in [6.07, 6.45) is 2.09. The Hall–Kier alpha value is -1.10. The smallest absolute Gasteiger partial charge is 0.242 e. The van der Waals surface area contributed by atoms with Crippen molar-refractivity contribution >= 4 is 11.8 Å². The maximum atomic E-state index is 12.2. The van der Waals surface area contributed by atoms with Crippen LogP contribution in [0.1, 0.15) is 40.0 Å². The Kier molecular flexibility index (Phi) is 5.14. The first-order valence-electron chi connectivity index (χ1n) is 6.78. The van der Waals surface area contributed by atoms with Crippen LogP contribution in [0, 0.1) is 5.92 Å². The van der Waals surface area contributed by atoms with Gasteiger partial charge in [0.2, 0.25) is 11.8 Å². The maximum absolute atomic E-state index is 12.2. The molecule has 1 fully saturated rings. The highest BCUT2D eigenvalue weighted by Gasteiger charge is 2.34. The van der Waals surface area contributed by atoms with Gasteiger partial charge in [-0.1, -0.05) is 6.92 Å². The van der Waals surface area contributed by atoms with E-state index in [1.54, 1.807) is 11.8 Å². The predicted molar refractivity (Wildman–Crippen MR) is 70.9 cm³/mol. The molecule has 1 atom stereocenters. The first-order chi connectivity index (χ1) is 8.42. The van der Waals surface area contributed by atoms with Gasteiger partial charge >= 0.3 is 0 Å². The molecule has 0 aromatic heterocycles. The van der Waals surface area contributed by atoms with Crippen LogP contribution >= 0.6 is 0 Å². The predicted octanol–water partition coefficient (Wildman–Crippen LogP) is 0.489. The van der Waals surface area contributed by atoms with E-state index in [4.69, 9.17) is 5.73 Å². The molecule has 0 aliphatic carbocycles. The summed E-state index contributed by atoms with van der Waals surface area (Å²) < 4.78 is 0. The Morgan fingerprint density at radius 1 is 1.33 bits per heavy atom. The van der Waals surface area contributed by atoms with Crippen molar-refractivity contribution in [1.29, 1.82) is 0 Å². The molecule has 0 radical (unpaired) electrons. The van der Waals surface area contributed by atoms with Crippen LogP contribution in [0.4, 0.5) is 0 Å². The topological polar surface area (TPSA) is 75.4 Å². The Balaban J connectivity index is 2.49. The van der Waals surface area contributed by atoms with Gasteiger partial charge in [0.25, 0.3) is 0 Å². The molecular weight excluding hydrogens is 230 g/mol. The zero-order valence-corrected chi connectivity index (χ0v) is 11.7. The van der Waals surface area contributed by atoms with E-state index in [1.807, 2.05) is 13.8 Å². The van der Waals surface area contributed by atoms with Crippen molar-refractivity contribution in [1.82, 2.24) is 10.2 Å². The van der Waals surface area contributed by atoms with Crippen LogP contribution in [0.2, 0.25) is 0 Å². The van der Waals surface area contributed by atoms with Crippen molar-refractivity contribution in [3.63, 3.8) is 0 Å². The molecule has 0 saturated carbocycles. The van der Waals surface area contributed by atoms with Gasteiger partial charge in [0.1, 0.15) is 0 Å². The highest BCUT2D eigenvalue weighted by atomic mass is 16.2. The van der Waals surface area contributed by atoms with Crippen LogP contribution < -0.4 is 11.1 Å². The molecule has 1 aliphatic rings. The second-order valence-electron chi connectivity index (χ2n) is 5.23. The number of carbonyl (C=O) groups excluding carboxylic acids is 2. The molecule has 1 saturated heterocycles. The van der Waals surface area contributed by atoms with E-state index in [2.05, 4.69) is 5.32 Å². The monoisotopic (exact) mass is 255 g/mol. The number of amides is 2. The minimum absolute atomic E-state index is 0.000602. The molecule has 0 spiro atoms.